The minimum Gasteiger partial charge on any atom is -0.375 e. The fraction of sp³-hybridized carbons (Fsp3) is 0.450. The van der Waals surface area contributed by atoms with Crippen molar-refractivity contribution < 1.29 is 14.3 Å². The van der Waals surface area contributed by atoms with Gasteiger partial charge in [0.05, 0.1) is 30.8 Å². The number of aryl methyl sites for hydroxylation is 1. The van der Waals surface area contributed by atoms with Crippen LogP contribution >= 0.6 is 11.3 Å². The zero-order chi connectivity index (χ0) is 19.3. The quantitative estimate of drug-likeness (QED) is 0.851. The molecule has 1 spiro atoms. The molecule has 3 atom stereocenters. The number of hydrogen-bond donors (Lipinski definition) is 1. The van der Waals surface area contributed by atoms with Crippen LogP contribution in [0, 0.1) is 0 Å². The summed E-state index contributed by atoms with van der Waals surface area (Å²) in [4.78, 5) is 33.8. The van der Waals surface area contributed by atoms with Crippen LogP contribution in [0.1, 0.15) is 36.6 Å². The molecule has 5 rings (SSSR count). The number of anilines is 1. The van der Waals surface area contributed by atoms with Gasteiger partial charge in [0.2, 0.25) is 11.8 Å². The molecule has 1 aromatic heterocycles. The van der Waals surface area contributed by atoms with Gasteiger partial charge in [-0.05, 0) is 12.0 Å². The smallest absolute Gasteiger partial charge is 0.227 e. The Morgan fingerprint density at radius 1 is 1.36 bits per heavy atom. The van der Waals surface area contributed by atoms with E-state index in [1.165, 1.54) is 11.3 Å². The number of thiazole rings is 1. The van der Waals surface area contributed by atoms with Gasteiger partial charge in [0.15, 0.2) is 10.9 Å². The Morgan fingerprint density at radius 2 is 2.18 bits per heavy atom. The Hall–Kier alpha value is -2.45. The van der Waals surface area contributed by atoms with Crippen LogP contribution in [0.3, 0.4) is 0 Å². The van der Waals surface area contributed by atoms with Crippen LogP contribution in [0.5, 0.6) is 0 Å². The number of benzene rings is 1. The van der Waals surface area contributed by atoms with E-state index in [0.29, 0.717) is 44.0 Å². The molecule has 2 N–H and O–H groups in total. The van der Waals surface area contributed by atoms with Gasteiger partial charge in [0.25, 0.3) is 0 Å². The predicted octanol–water partition coefficient (Wildman–Crippen LogP) is 1.96. The van der Waals surface area contributed by atoms with Crippen LogP contribution in [0.15, 0.2) is 35.7 Å². The SMILES string of the molecule is Nc1nc(CCC(=O)N2CC[C@@]34OC[C@@H](c5ccccc5)N3C(=O)C[C@@H]24)cs1. The van der Waals surface area contributed by atoms with Crippen molar-refractivity contribution in [2.75, 3.05) is 18.9 Å². The molecule has 146 valence electrons. The number of likely N-dealkylation sites (tertiary alicyclic amines) is 1. The van der Waals surface area contributed by atoms with Crippen molar-refractivity contribution in [1.82, 2.24) is 14.8 Å². The maximum Gasteiger partial charge on any atom is 0.227 e. The van der Waals surface area contributed by atoms with Crippen LogP contribution < -0.4 is 5.73 Å². The number of ether oxygens (including phenoxy) is 1. The number of amides is 2. The Labute approximate surface area is 167 Å². The van der Waals surface area contributed by atoms with Crippen LogP contribution in [0.2, 0.25) is 0 Å². The molecule has 8 heteroatoms. The molecule has 7 nitrogen and oxygen atoms in total. The van der Waals surface area contributed by atoms with E-state index in [2.05, 4.69) is 4.98 Å². The molecular weight excluding hydrogens is 376 g/mol. The van der Waals surface area contributed by atoms with E-state index in [0.717, 1.165) is 11.3 Å². The summed E-state index contributed by atoms with van der Waals surface area (Å²) in [7, 11) is 0. The lowest BCUT2D eigenvalue weighted by Gasteiger charge is -2.33. The van der Waals surface area contributed by atoms with Crippen LogP contribution in [0.25, 0.3) is 0 Å². The Kier molecular flexibility index (Phi) is 4.13. The number of rotatable bonds is 4. The van der Waals surface area contributed by atoms with E-state index in [1.54, 1.807) is 0 Å². The van der Waals surface area contributed by atoms with Gasteiger partial charge < -0.3 is 20.3 Å². The Morgan fingerprint density at radius 3 is 2.93 bits per heavy atom. The highest BCUT2D eigenvalue weighted by Gasteiger charge is 2.65. The van der Waals surface area contributed by atoms with Crippen molar-refractivity contribution in [1.29, 1.82) is 0 Å². The van der Waals surface area contributed by atoms with Crippen molar-refractivity contribution >= 4 is 28.3 Å². The summed E-state index contributed by atoms with van der Waals surface area (Å²) >= 11 is 1.38. The second-order valence-electron chi connectivity index (χ2n) is 7.58. The fourth-order valence-corrected chi connectivity index (χ4v) is 5.48. The van der Waals surface area contributed by atoms with Gasteiger partial charge in [-0.25, -0.2) is 4.98 Å². The first kappa shape index (κ1) is 17.6. The normalized spacial score (nSPS) is 28.6. The van der Waals surface area contributed by atoms with Crippen molar-refractivity contribution in [3.63, 3.8) is 0 Å². The summed E-state index contributed by atoms with van der Waals surface area (Å²) in [6.45, 7) is 1.10. The van der Waals surface area contributed by atoms with E-state index in [9.17, 15) is 9.59 Å². The molecule has 3 saturated heterocycles. The molecule has 0 unspecified atom stereocenters. The van der Waals surface area contributed by atoms with Gasteiger partial charge >= 0.3 is 0 Å². The van der Waals surface area contributed by atoms with Gasteiger partial charge in [-0.2, -0.15) is 0 Å². The second-order valence-corrected chi connectivity index (χ2v) is 8.47. The largest absolute Gasteiger partial charge is 0.375 e. The lowest BCUT2D eigenvalue weighted by atomic mass is 10.0. The van der Waals surface area contributed by atoms with Gasteiger partial charge in [0.1, 0.15) is 0 Å². The van der Waals surface area contributed by atoms with Crippen LogP contribution in [0.4, 0.5) is 5.13 Å². The van der Waals surface area contributed by atoms with Crippen molar-refractivity contribution in [2.45, 2.75) is 43.5 Å². The number of carbonyl (C=O) groups excluding carboxylic acids is 2. The summed E-state index contributed by atoms with van der Waals surface area (Å²) in [5.74, 6) is 0.121. The zero-order valence-corrected chi connectivity index (χ0v) is 16.2. The number of nitrogens with two attached hydrogens (primary N) is 1. The summed E-state index contributed by atoms with van der Waals surface area (Å²) in [5, 5.41) is 2.41. The van der Waals surface area contributed by atoms with Crippen LogP contribution in [-0.4, -0.2) is 51.5 Å². The molecule has 0 bridgehead atoms. The summed E-state index contributed by atoms with van der Waals surface area (Å²) in [6.07, 6.45) is 1.93. The zero-order valence-electron chi connectivity index (χ0n) is 15.4. The van der Waals surface area contributed by atoms with E-state index in [-0.39, 0.29) is 23.9 Å². The lowest BCUT2D eigenvalue weighted by molar-refractivity contribution is -0.141. The first-order chi connectivity index (χ1) is 13.6. The van der Waals surface area contributed by atoms with E-state index in [1.807, 2.05) is 45.5 Å². The molecular formula is C20H22N4O3S. The molecule has 1 aromatic carbocycles. The average Bonchev–Trinajstić information content (AvgIpc) is 3.43. The second kappa shape index (κ2) is 6.56. The summed E-state index contributed by atoms with van der Waals surface area (Å²) in [6, 6.07) is 9.71. The van der Waals surface area contributed by atoms with Gasteiger partial charge in [-0.1, -0.05) is 30.3 Å². The van der Waals surface area contributed by atoms with Gasteiger partial charge in [-0.3, -0.25) is 9.59 Å². The molecule has 3 aliphatic rings. The number of nitrogen functional groups attached to an aromatic ring is 1. The molecule has 2 amide bonds. The van der Waals surface area contributed by atoms with Gasteiger partial charge in [0, 0.05) is 24.8 Å². The number of aromatic nitrogens is 1. The lowest BCUT2D eigenvalue weighted by Crippen LogP contribution is -2.49. The van der Waals surface area contributed by atoms with E-state index >= 15 is 0 Å². The Balaban J connectivity index is 1.33. The molecule has 2 aromatic rings. The summed E-state index contributed by atoms with van der Waals surface area (Å²) < 4.78 is 6.26. The first-order valence-corrected chi connectivity index (χ1v) is 10.5. The highest BCUT2D eigenvalue weighted by molar-refractivity contribution is 7.13. The minimum atomic E-state index is -0.668. The highest BCUT2D eigenvalue weighted by atomic mass is 32.1. The van der Waals surface area contributed by atoms with E-state index in [4.69, 9.17) is 10.5 Å². The molecule has 0 saturated carbocycles. The maximum absolute atomic E-state index is 12.9. The number of hydrogen-bond acceptors (Lipinski definition) is 6. The number of carbonyl (C=O) groups is 2. The fourth-order valence-electron chi connectivity index (χ4n) is 4.88. The number of nitrogens with zero attached hydrogens (tertiary/aromatic N) is 3. The molecule has 3 fully saturated rings. The Bertz CT molecular complexity index is 917. The molecule has 3 aliphatic heterocycles. The molecule has 28 heavy (non-hydrogen) atoms. The third-order valence-corrected chi connectivity index (χ3v) is 6.85. The topological polar surface area (TPSA) is 88.8 Å². The third kappa shape index (κ3) is 2.62. The van der Waals surface area contributed by atoms with Crippen molar-refractivity contribution in [3.05, 3.63) is 47.0 Å². The van der Waals surface area contributed by atoms with Crippen LogP contribution in [-0.2, 0) is 20.7 Å². The summed E-state index contributed by atoms with van der Waals surface area (Å²) in [5.41, 5.74) is 6.92. The maximum atomic E-state index is 12.9. The molecule has 4 heterocycles. The standard InChI is InChI=1S/C20H22N4O3S/c21-19-22-14(12-28-19)6-7-17(25)23-9-8-20-16(23)10-18(26)24(20)15(11-27-20)13-4-2-1-3-5-13/h1-5,12,15-16H,6-11H2,(H2,21,22)/t15-,16+,20-/m0/s1. The highest BCUT2D eigenvalue weighted by Crippen LogP contribution is 2.51. The minimum absolute atomic E-state index is 0.0508. The van der Waals surface area contributed by atoms with Crippen molar-refractivity contribution in [3.8, 4) is 0 Å². The molecule has 0 radical (unpaired) electrons. The third-order valence-electron chi connectivity index (χ3n) is 6.12. The van der Waals surface area contributed by atoms with Gasteiger partial charge in [-0.15, -0.1) is 11.3 Å². The van der Waals surface area contributed by atoms with Crippen molar-refractivity contribution in [2.24, 2.45) is 0 Å². The predicted molar refractivity (Wildman–Crippen MR) is 104 cm³/mol. The molecule has 0 aliphatic carbocycles. The first-order valence-electron chi connectivity index (χ1n) is 9.59. The van der Waals surface area contributed by atoms with E-state index < -0.39 is 5.72 Å². The monoisotopic (exact) mass is 398 g/mol. The average molecular weight is 398 g/mol.